The summed E-state index contributed by atoms with van der Waals surface area (Å²) in [5.74, 6) is 0.0206. The minimum Gasteiger partial charge on any atom is -0.336 e. The summed E-state index contributed by atoms with van der Waals surface area (Å²) in [6, 6.07) is 16.1. The molecule has 0 spiro atoms. The van der Waals surface area contributed by atoms with Crippen molar-refractivity contribution in [2.75, 3.05) is 13.6 Å². The van der Waals surface area contributed by atoms with Crippen LogP contribution < -0.4 is 0 Å². The average molecular weight is 389 g/mol. The molecule has 2 amide bonds. The van der Waals surface area contributed by atoms with E-state index in [0.717, 1.165) is 29.7 Å². The summed E-state index contributed by atoms with van der Waals surface area (Å²) in [6.07, 6.45) is 2.53. The third-order valence-electron chi connectivity index (χ3n) is 5.87. The SMILES string of the molecule is Cc1ccc(C2=NN(C(=O)CN(C)C(=O)C3CC3)[C@H](c3ccccc3)C2)cc1C. The maximum Gasteiger partial charge on any atom is 0.262 e. The molecule has 2 aromatic rings. The topological polar surface area (TPSA) is 53.0 Å². The van der Waals surface area contributed by atoms with Crippen molar-refractivity contribution >= 4 is 17.5 Å². The van der Waals surface area contributed by atoms with Gasteiger partial charge in [-0.05, 0) is 55.0 Å². The first-order chi connectivity index (χ1) is 13.9. The molecule has 2 aliphatic rings. The van der Waals surface area contributed by atoms with Gasteiger partial charge in [-0.25, -0.2) is 5.01 Å². The lowest BCUT2D eigenvalue weighted by molar-refractivity contribution is -0.141. The smallest absolute Gasteiger partial charge is 0.262 e. The van der Waals surface area contributed by atoms with E-state index in [-0.39, 0.29) is 30.3 Å². The van der Waals surface area contributed by atoms with Crippen molar-refractivity contribution in [3.8, 4) is 0 Å². The number of carbonyl (C=O) groups is 2. The van der Waals surface area contributed by atoms with Crippen LogP contribution in [0, 0.1) is 19.8 Å². The van der Waals surface area contributed by atoms with Gasteiger partial charge >= 0.3 is 0 Å². The number of hydrazone groups is 1. The van der Waals surface area contributed by atoms with Gasteiger partial charge in [0.05, 0.1) is 11.8 Å². The highest BCUT2D eigenvalue weighted by Crippen LogP contribution is 2.34. The third kappa shape index (κ3) is 4.09. The molecule has 0 unspecified atom stereocenters. The molecule has 1 aliphatic carbocycles. The summed E-state index contributed by atoms with van der Waals surface area (Å²) in [7, 11) is 1.71. The molecular formula is C24H27N3O2. The van der Waals surface area contributed by atoms with Crippen molar-refractivity contribution < 1.29 is 9.59 Å². The molecule has 4 rings (SSSR count). The zero-order valence-corrected chi connectivity index (χ0v) is 17.3. The van der Waals surface area contributed by atoms with Gasteiger partial charge in [0.1, 0.15) is 6.54 Å². The average Bonchev–Trinajstić information content (AvgIpc) is 3.47. The predicted molar refractivity (Wildman–Crippen MR) is 113 cm³/mol. The predicted octanol–water partition coefficient (Wildman–Crippen LogP) is 3.85. The molecule has 2 aromatic carbocycles. The molecular weight excluding hydrogens is 362 g/mol. The number of aryl methyl sites for hydroxylation is 2. The molecule has 1 fully saturated rings. The quantitative estimate of drug-likeness (QED) is 0.780. The number of hydrogen-bond donors (Lipinski definition) is 0. The van der Waals surface area contributed by atoms with Gasteiger partial charge in [0, 0.05) is 19.4 Å². The van der Waals surface area contributed by atoms with E-state index in [9.17, 15) is 9.59 Å². The summed E-state index contributed by atoms with van der Waals surface area (Å²) < 4.78 is 0. The Bertz CT molecular complexity index is 963. The molecule has 1 heterocycles. The van der Waals surface area contributed by atoms with Gasteiger partial charge in [0.25, 0.3) is 5.91 Å². The minimum atomic E-state index is -0.148. The van der Waals surface area contributed by atoms with Crippen LogP contribution in [0.5, 0.6) is 0 Å². The molecule has 150 valence electrons. The second-order valence-corrected chi connectivity index (χ2v) is 8.18. The van der Waals surface area contributed by atoms with Crippen LogP contribution in [-0.4, -0.2) is 41.0 Å². The van der Waals surface area contributed by atoms with Crippen molar-refractivity contribution in [3.05, 3.63) is 70.8 Å². The minimum absolute atomic E-state index is 0.0579. The van der Waals surface area contributed by atoms with Gasteiger partial charge in [-0.15, -0.1) is 0 Å². The number of benzene rings is 2. The summed E-state index contributed by atoms with van der Waals surface area (Å²) >= 11 is 0. The highest BCUT2D eigenvalue weighted by Gasteiger charge is 2.36. The van der Waals surface area contributed by atoms with Crippen LogP contribution in [0.1, 0.15) is 47.6 Å². The van der Waals surface area contributed by atoms with E-state index < -0.39 is 0 Å². The molecule has 1 atom stereocenters. The lowest BCUT2D eigenvalue weighted by Crippen LogP contribution is -2.39. The molecule has 1 saturated carbocycles. The Morgan fingerprint density at radius 1 is 1.07 bits per heavy atom. The zero-order valence-electron chi connectivity index (χ0n) is 17.3. The standard InChI is InChI=1S/C24H27N3O2/c1-16-9-10-20(13-17(16)2)21-14-22(18-7-5-4-6-8-18)27(25-21)23(28)15-26(3)24(29)19-11-12-19/h4-10,13,19,22H,11-12,14-15H2,1-3H3/t22-/m0/s1. The van der Waals surface area contributed by atoms with Gasteiger partial charge in [-0.3, -0.25) is 9.59 Å². The molecule has 0 N–H and O–H groups in total. The van der Waals surface area contributed by atoms with E-state index in [1.165, 1.54) is 11.1 Å². The Morgan fingerprint density at radius 2 is 1.79 bits per heavy atom. The first-order valence-electron chi connectivity index (χ1n) is 10.2. The first-order valence-corrected chi connectivity index (χ1v) is 10.2. The van der Waals surface area contributed by atoms with E-state index in [2.05, 4.69) is 32.0 Å². The Hall–Kier alpha value is -2.95. The van der Waals surface area contributed by atoms with Crippen molar-refractivity contribution in [1.82, 2.24) is 9.91 Å². The molecule has 1 aliphatic heterocycles. The van der Waals surface area contributed by atoms with E-state index in [0.29, 0.717) is 6.42 Å². The Balaban J connectivity index is 1.60. The van der Waals surface area contributed by atoms with Crippen molar-refractivity contribution in [3.63, 3.8) is 0 Å². The summed E-state index contributed by atoms with van der Waals surface area (Å²) in [5.41, 5.74) is 5.46. The summed E-state index contributed by atoms with van der Waals surface area (Å²) in [5, 5.41) is 6.30. The monoisotopic (exact) mass is 389 g/mol. The lowest BCUT2D eigenvalue weighted by Gasteiger charge is -2.25. The van der Waals surface area contributed by atoms with Crippen LogP contribution >= 0.6 is 0 Å². The fraction of sp³-hybridized carbons (Fsp3) is 0.375. The number of amides is 2. The zero-order chi connectivity index (χ0) is 20.5. The van der Waals surface area contributed by atoms with Gasteiger partial charge in [-0.1, -0.05) is 42.5 Å². The molecule has 29 heavy (non-hydrogen) atoms. The molecule has 5 heteroatoms. The normalized spacial score (nSPS) is 18.5. The van der Waals surface area contributed by atoms with Crippen LogP contribution in [0.4, 0.5) is 0 Å². The highest BCUT2D eigenvalue weighted by atomic mass is 16.2. The summed E-state index contributed by atoms with van der Waals surface area (Å²) in [4.78, 5) is 26.9. The van der Waals surface area contributed by atoms with Crippen LogP contribution in [-0.2, 0) is 9.59 Å². The van der Waals surface area contributed by atoms with E-state index in [1.807, 2.05) is 30.3 Å². The van der Waals surface area contributed by atoms with Crippen LogP contribution in [0.15, 0.2) is 53.6 Å². The Kier molecular flexibility index (Phi) is 5.22. The van der Waals surface area contributed by atoms with Crippen molar-refractivity contribution in [1.29, 1.82) is 0 Å². The molecule has 0 saturated heterocycles. The maximum absolute atomic E-state index is 13.1. The molecule has 5 nitrogen and oxygen atoms in total. The van der Waals surface area contributed by atoms with Gasteiger partial charge in [0.2, 0.25) is 5.91 Å². The number of nitrogens with zero attached hydrogens (tertiary/aromatic N) is 3. The van der Waals surface area contributed by atoms with E-state index in [4.69, 9.17) is 5.10 Å². The molecule has 0 bridgehead atoms. The Labute approximate surface area is 172 Å². The first kappa shape index (κ1) is 19.4. The molecule has 0 radical (unpaired) electrons. The van der Waals surface area contributed by atoms with Crippen molar-refractivity contribution in [2.45, 2.75) is 39.2 Å². The third-order valence-corrected chi connectivity index (χ3v) is 5.87. The van der Waals surface area contributed by atoms with Crippen LogP contribution in [0.3, 0.4) is 0 Å². The van der Waals surface area contributed by atoms with E-state index in [1.54, 1.807) is 17.0 Å². The lowest BCUT2D eigenvalue weighted by atomic mass is 9.96. The van der Waals surface area contributed by atoms with Gasteiger partial charge < -0.3 is 4.90 Å². The second-order valence-electron chi connectivity index (χ2n) is 8.18. The van der Waals surface area contributed by atoms with E-state index >= 15 is 0 Å². The second kappa shape index (κ2) is 7.82. The van der Waals surface area contributed by atoms with Crippen LogP contribution in [0.25, 0.3) is 0 Å². The summed E-state index contributed by atoms with van der Waals surface area (Å²) in [6.45, 7) is 4.23. The Morgan fingerprint density at radius 3 is 2.45 bits per heavy atom. The van der Waals surface area contributed by atoms with Crippen LogP contribution in [0.2, 0.25) is 0 Å². The largest absolute Gasteiger partial charge is 0.336 e. The maximum atomic E-state index is 13.1. The fourth-order valence-corrected chi connectivity index (χ4v) is 3.77. The number of hydrogen-bond acceptors (Lipinski definition) is 3. The molecule has 0 aromatic heterocycles. The fourth-order valence-electron chi connectivity index (χ4n) is 3.77. The highest BCUT2D eigenvalue weighted by molar-refractivity contribution is 6.03. The van der Waals surface area contributed by atoms with Gasteiger partial charge in [0.15, 0.2) is 0 Å². The number of carbonyl (C=O) groups excluding carboxylic acids is 2. The number of likely N-dealkylation sites (N-methyl/N-ethyl adjacent to an activating group) is 1. The number of rotatable bonds is 5. The van der Waals surface area contributed by atoms with Gasteiger partial charge in [-0.2, -0.15) is 5.10 Å². The van der Waals surface area contributed by atoms with Crippen molar-refractivity contribution in [2.24, 2.45) is 11.0 Å².